The van der Waals surface area contributed by atoms with E-state index in [-0.39, 0.29) is 23.6 Å². The van der Waals surface area contributed by atoms with Gasteiger partial charge in [-0.2, -0.15) is 0 Å². The van der Waals surface area contributed by atoms with Gasteiger partial charge in [0.25, 0.3) is 0 Å². The quantitative estimate of drug-likeness (QED) is 0.384. The third-order valence-corrected chi connectivity index (χ3v) is 7.53. The molecule has 1 saturated carbocycles. The Labute approximate surface area is 166 Å². The van der Waals surface area contributed by atoms with Gasteiger partial charge in [0, 0.05) is 8.07 Å². The van der Waals surface area contributed by atoms with Crippen LogP contribution in [0.25, 0.3) is 0 Å². The molecule has 0 aromatic heterocycles. The maximum absolute atomic E-state index is 12.5. The van der Waals surface area contributed by atoms with Crippen LogP contribution in [-0.4, -0.2) is 26.3 Å². The van der Waals surface area contributed by atoms with Crippen molar-refractivity contribution >= 4 is 14.0 Å². The second kappa shape index (κ2) is 8.81. The van der Waals surface area contributed by atoms with E-state index in [1.165, 1.54) is 12.0 Å². The van der Waals surface area contributed by atoms with Crippen molar-refractivity contribution in [3.8, 4) is 5.75 Å². The summed E-state index contributed by atoms with van der Waals surface area (Å²) < 4.78 is 11.8. The van der Waals surface area contributed by atoms with E-state index in [9.17, 15) is 4.79 Å². The molecule has 152 valence electrons. The smallest absolute Gasteiger partial charge is 0.344 e. The monoisotopic (exact) mass is 390 g/mol. The topological polar surface area (TPSA) is 35.5 Å². The van der Waals surface area contributed by atoms with Crippen molar-refractivity contribution in [2.45, 2.75) is 96.0 Å². The third-order valence-electron chi connectivity index (χ3n) is 5.82. The lowest BCUT2D eigenvalue weighted by atomic mass is 9.82. The molecule has 0 saturated heterocycles. The first-order valence-corrected chi connectivity index (χ1v) is 14.2. The minimum absolute atomic E-state index is 0.00995. The fourth-order valence-corrected chi connectivity index (χ4v) is 6.46. The fourth-order valence-electron chi connectivity index (χ4n) is 4.10. The lowest BCUT2D eigenvalue weighted by molar-refractivity contribution is -0.163. The van der Waals surface area contributed by atoms with Crippen LogP contribution in [0.15, 0.2) is 24.3 Å². The molecule has 0 spiro atoms. The molecule has 1 fully saturated rings. The summed E-state index contributed by atoms with van der Waals surface area (Å²) in [5.74, 6) is 0.499. The summed E-state index contributed by atoms with van der Waals surface area (Å²) in [6, 6.07) is 9.15. The van der Waals surface area contributed by atoms with Gasteiger partial charge in [-0.05, 0) is 61.3 Å². The summed E-state index contributed by atoms with van der Waals surface area (Å²) >= 11 is 0. The Morgan fingerprint density at radius 1 is 1.07 bits per heavy atom. The van der Waals surface area contributed by atoms with Gasteiger partial charge in [0.15, 0.2) is 6.61 Å². The average Bonchev–Trinajstić information content (AvgIpc) is 2.59. The van der Waals surface area contributed by atoms with Crippen LogP contribution in [0.1, 0.15) is 64.9 Å². The molecule has 1 aliphatic rings. The highest BCUT2D eigenvalue weighted by molar-refractivity contribution is 6.76. The minimum atomic E-state index is -1.32. The zero-order valence-corrected chi connectivity index (χ0v) is 19.2. The number of benzene rings is 1. The highest BCUT2D eigenvalue weighted by Gasteiger charge is 2.39. The van der Waals surface area contributed by atoms with Crippen LogP contribution in [0.2, 0.25) is 25.7 Å². The van der Waals surface area contributed by atoms with Crippen molar-refractivity contribution in [1.29, 1.82) is 0 Å². The van der Waals surface area contributed by atoms with E-state index in [0.717, 1.165) is 43.9 Å². The molecule has 3 nitrogen and oxygen atoms in total. The van der Waals surface area contributed by atoms with Gasteiger partial charge in [0.05, 0.1) is 0 Å². The van der Waals surface area contributed by atoms with E-state index in [0.29, 0.717) is 0 Å². The Hall–Kier alpha value is -1.29. The predicted molar refractivity (Wildman–Crippen MR) is 115 cm³/mol. The van der Waals surface area contributed by atoms with E-state index >= 15 is 0 Å². The van der Waals surface area contributed by atoms with E-state index in [1.54, 1.807) is 0 Å². The second-order valence-electron chi connectivity index (χ2n) is 10.0. The van der Waals surface area contributed by atoms with Gasteiger partial charge >= 0.3 is 5.97 Å². The fraction of sp³-hybridized carbons (Fsp3) is 0.696. The van der Waals surface area contributed by atoms with Crippen molar-refractivity contribution in [1.82, 2.24) is 0 Å². The van der Waals surface area contributed by atoms with Crippen molar-refractivity contribution in [2.75, 3.05) is 6.61 Å². The van der Waals surface area contributed by atoms with Crippen molar-refractivity contribution < 1.29 is 14.3 Å². The summed E-state index contributed by atoms with van der Waals surface area (Å²) in [6.07, 6.45) is 6.66. The number of rotatable bonds is 8. The molecule has 4 heteroatoms. The number of carbonyl (C=O) groups excluding carboxylic acids is 1. The third kappa shape index (κ3) is 6.67. The highest BCUT2D eigenvalue weighted by Crippen LogP contribution is 2.38. The lowest BCUT2D eigenvalue weighted by Gasteiger charge is -2.40. The van der Waals surface area contributed by atoms with Crippen LogP contribution < -0.4 is 4.74 Å². The molecule has 1 aliphatic carbocycles. The largest absolute Gasteiger partial charge is 0.482 e. The molecule has 0 atom stereocenters. The molecule has 1 aromatic rings. The second-order valence-corrected chi connectivity index (χ2v) is 15.5. The number of ether oxygens (including phenoxy) is 2. The molecule has 0 unspecified atom stereocenters. The maximum atomic E-state index is 12.5. The van der Waals surface area contributed by atoms with Crippen LogP contribution >= 0.6 is 0 Å². The molecule has 0 N–H and O–H groups in total. The SMILES string of the molecule is CCC(C)(C)c1ccc(OCC(=O)OC2(C[Si](C)(C)C)CCCCC2)cc1. The Balaban J connectivity index is 1.94. The molecule has 27 heavy (non-hydrogen) atoms. The molecule has 0 bridgehead atoms. The van der Waals surface area contributed by atoms with Crippen LogP contribution in [0.3, 0.4) is 0 Å². The van der Waals surface area contributed by atoms with Crippen molar-refractivity contribution in [2.24, 2.45) is 0 Å². The van der Waals surface area contributed by atoms with Gasteiger partial charge in [0.1, 0.15) is 11.4 Å². The van der Waals surface area contributed by atoms with E-state index in [2.05, 4.69) is 52.5 Å². The Morgan fingerprint density at radius 3 is 2.19 bits per heavy atom. The zero-order chi connectivity index (χ0) is 20.1. The van der Waals surface area contributed by atoms with Crippen molar-refractivity contribution in [3.63, 3.8) is 0 Å². The van der Waals surface area contributed by atoms with Crippen LogP contribution in [0, 0.1) is 0 Å². The number of esters is 1. The summed E-state index contributed by atoms with van der Waals surface area (Å²) in [4.78, 5) is 12.5. The van der Waals surface area contributed by atoms with Crippen LogP contribution in [0.5, 0.6) is 5.75 Å². The van der Waals surface area contributed by atoms with Gasteiger partial charge in [-0.15, -0.1) is 0 Å². The van der Waals surface area contributed by atoms with E-state index in [4.69, 9.17) is 9.47 Å². The molecule has 0 amide bonds. The number of hydrogen-bond acceptors (Lipinski definition) is 3. The molecule has 1 aromatic carbocycles. The molecular weight excluding hydrogens is 352 g/mol. The zero-order valence-electron chi connectivity index (χ0n) is 18.2. The molecule has 0 radical (unpaired) electrons. The molecule has 2 rings (SSSR count). The Kier molecular flexibility index (Phi) is 7.18. The highest BCUT2D eigenvalue weighted by atomic mass is 28.3. The van der Waals surface area contributed by atoms with E-state index < -0.39 is 8.07 Å². The first-order chi connectivity index (χ1) is 12.6. The van der Waals surface area contributed by atoms with Gasteiger partial charge in [-0.25, -0.2) is 4.79 Å². The summed E-state index contributed by atoms with van der Waals surface area (Å²) in [6.45, 7) is 13.7. The summed E-state index contributed by atoms with van der Waals surface area (Å²) in [5, 5.41) is 0. The standard InChI is InChI=1S/C23H38O3Si/c1-7-22(2,3)19-11-13-20(14-12-19)25-17-21(24)26-23(18-27(4,5)6)15-9-8-10-16-23/h11-14H,7-10,15-18H2,1-6H3. The molecule has 0 heterocycles. The normalized spacial score (nSPS) is 17.4. The van der Waals surface area contributed by atoms with Crippen molar-refractivity contribution in [3.05, 3.63) is 29.8 Å². The van der Waals surface area contributed by atoms with Gasteiger partial charge in [-0.1, -0.05) is 59.0 Å². The van der Waals surface area contributed by atoms with Gasteiger partial charge in [-0.3, -0.25) is 0 Å². The first-order valence-electron chi connectivity index (χ1n) is 10.5. The van der Waals surface area contributed by atoms with Crippen LogP contribution in [-0.2, 0) is 14.9 Å². The van der Waals surface area contributed by atoms with Crippen LogP contribution in [0.4, 0.5) is 0 Å². The number of hydrogen-bond donors (Lipinski definition) is 0. The molecular formula is C23H38O3Si. The average molecular weight is 391 g/mol. The summed E-state index contributed by atoms with van der Waals surface area (Å²) in [7, 11) is -1.32. The minimum Gasteiger partial charge on any atom is -0.482 e. The predicted octanol–water partition coefficient (Wildman–Crippen LogP) is 6.34. The lowest BCUT2D eigenvalue weighted by Crippen LogP contribution is -2.44. The summed E-state index contributed by atoms with van der Waals surface area (Å²) in [5.41, 5.74) is 1.19. The number of carbonyl (C=O) groups is 1. The molecule has 0 aliphatic heterocycles. The Morgan fingerprint density at radius 2 is 1.67 bits per heavy atom. The maximum Gasteiger partial charge on any atom is 0.344 e. The Bertz CT molecular complexity index is 608. The first kappa shape index (κ1) is 22.0. The van der Waals surface area contributed by atoms with Gasteiger partial charge in [0.2, 0.25) is 0 Å². The van der Waals surface area contributed by atoms with E-state index in [1.807, 2.05) is 12.1 Å². The van der Waals surface area contributed by atoms with Gasteiger partial charge < -0.3 is 9.47 Å².